The molecule has 0 aliphatic heterocycles. The van der Waals surface area contributed by atoms with Crippen molar-refractivity contribution in [3.63, 3.8) is 0 Å². The summed E-state index contributed by atoms with van der Waals surface area (Å²) in [4.78, 5) is 23.5. The first-order chi connectivity index (χ1) is 9.02. The summed E-state index contributed by atoms with van der Waals surface area (Å²) < 4.78 is 4.74. The monoisotopic (exact) mass is 269 g/mol. The van der Waals surface area contributed by atoms with Gasteiger partial charge in [-0.3, -0.25) is 4.79 Å². The number of methoxy groups -OCH3 is 1. The van der Waals surface area contributed by atoms with Gasteiger partial charge in [0.2, 0.25) is 5.91 Å². The van der Waals surface area contributed by atoms with Gasteiger partial charge in [-0.1, -0.05) is 39.5 Å². The molecule has 19 heavy (non-hydrogen) atoms. The van der Waals surface area contributed by atoms with Crippen molar-refractivity contribution in [2.75, 3.05) is 7.11 Å². The highest BCUT2D eigenvalue weighted by Gasteiger charge is 2.23. The van der Waals surface area contributed by atoms with Crippen LogP contribution in [-0.4, -0.2) is 25.0 Å². The van der Waals surface area contributed by atoms with E-state index in [1.165, 1.54) is 32.8 Å². The first-order valence-corrected chi connectivity index (χ1v) is 7.40. The summed E-state index contributed by atoms with van der Waals surface area (Å²) in [5.41, 5.74) is 0. The summed E-state index contributed by atoms with van der Waals surface area (Å²) in [7, 11) is 1.36. The number of carbonyl (C=O) groups excluding carboxylic acids is 2. The van der Waals surface area contributed by atoms with Crippen molar-refractivity contribution in [2.24, 2.45) is 11.8 Å². The molecule has 0 aromatic heterocycles. The fourth-order valence-electron chi connectivity index (χ4n) is 2.73. The molecule has 1 aliphatic rings. The Kier molecular flexibility index (Phi) is 6.89. The average molecular weight is 269 g/mol. The Morgan fingerprint density at radius 1 is 1.26 bits per heavy atom. The van der Waals surface area contributed by atoms with Crippen LogP contribution in [0.25, 0.3) is 0 Å². The largest absolute Gasteiger partial charge is 0.467 e. The first kappa shape index (κ1) is 16.0. The van der Waals surface area contributed by atoms with E-state index >= 15 is 0 Å². The molecule has 0 unspecified atom stereocenters. The number of rotatable bonds is 7. The predicted molar refractivity (Wildman–Crippen MR) is 74.6 cm³/mol. The Morgan fingerprint density at radius 3 is 2.42 bits per heavy atom. The van der Waals surface area contributed by atoms with E-state index in [2.05, 4.69) is 5.32 Å². The molecule has 4 nitrogen and oxygen atoms in total. The van der Waals surface area contributed by atoms with Crippen LogP contribution >= 0.6 is 0 Å². The molecule has 1 atom stereocenters. The number of hydrogen-bond donors (Lipinski definition) is 1. The molecule has 0 heterocycles. The van der Waals surface area contributed by atoms with E-state index in [4.69, 9.17) is 4.74 Å². The third-order valence-corrected chi connectivity index (χ3v) is 3.78. The van der Waals surface area contributed by atoms with Crippen LogP contribution in [0.4, 0.5) is 0 Å². The fraction of sp³-hybridized carbons (Fsp3) is 0.867. The Labute approximate surface area is 116 Å². The highest BCUT2D eigenvalue weighted by atomic mass is 16.5. The minimum absolute atomic E-state index is 0.0250. The summed E-state index contributed by atoms with van der Waals surface area (Å²) in [6, 6.07) is -0.499. The topological polar surface area (TPSA) is 55.4 Å². The maximum atomic E-state index is 11.9. The molecule has 1 saturated carbocycles. The molecule has 0 spiro atoms. The number of carbonyl (C=O) groups is 2. The molecule has 1 rings (SSSR count). The molecule has 0 aromatic carbocycles. The van der Waals surface area contributed by atoms with Crippen molar-refractivity contribution < 1.29 is 14.3 Å². The van der Waals surface area contributed by atoms with Gasteiger partial charge in [-0.25, -0.2) is 4.79 Å². The average Bonchev–Trinajstić information content (AvgIpc) is 2.87. The van der Waals surface area contributed by atoms with Crippen molar-refractivity contribution in [2.45, 2.75) is 64.8 Å². The quantitative estimate of drug-likeness (QED) is 0.723. The Balaban J connectivity index is 2.34. The summed E-state index contributed by atoms with van der Waals surface area (Å²) >= 11 is 0. The van der Waals surface area contributed by atoms with Gasteiger partial charge in [0.15, 0.2) is 0 Å². The molecule has 0 saturated heterocycles. The van der Waals surface area contributed by atoms with Crippen molar-refractivity contribution in [3.8, 4) is 0 Å². The highest BCUT2D eigenvalue weighted by molar-refractivity contribution is 5.84. The molecule has 1 fully saturated rings. The number of ether oxygens (including phenoxy) is 1. The van der Waals surface area contributed by atoms with Gasteiger partial charge in [0.25, 0.3) is 0 Å². The second-order valence-electron chi connectivity index (χ2n) is 5.96. The van der Waals surface area contributed by atoms with E-state index in [0.29, 0.717) is 24.7 Å². The third kappa shape index (κ3) is 6.08. The Morgan fingerprint density at radius 2 is 1.89 bits per heavy atom. The summed E-state index contributed by atoms with van der Waals surface area (Å²) in [6.45, 7) is 4.06. The lowest BCUT2D eigenvalue weighted by Crippen LogP contribution is -2.42. The van der Waals surface area contributed by atoms with Crippen LogP contribution in [0, 0.1) is 11.8 Å². The molecular formula is C15H27NO3. The van der Waals surface area contributed by atoms with E-state index in [1.807, 2.05) is 13.8 Å². The minimum atomic E-state index is -0.499. The summed E-state index contributed by atoms with van der Waals surface area (Å²) in [5, 5.41) is 2.81. The lowest BCUT2D eigenvalue weighted by atomic mass is 10.0. The second-order valence-corrected chi connectivity index (χ2v) is 5.96. The van der Waals surface area contributed by atoms with Crippen LogP contribution in [0.1, 0.15) is 58.8 Å². The zero-order valence-electron chi connectivity index (χ0n) is 12.4. The van der Waals surface area contributed by atoms with E-state index < -0.39 is 6.04 Å². The van der Waals surface area contributed by atoms with E-state index in [9.17, 15) is 9.59 Å². The summed E-state index contributed by atoms with van der Waals surface area (Å²) in [5.74, 6) is 0.678. The van der Waals surface area contributed by atoms with Crippen LogP contribution in [0.5, 0.6) is 0 Å². The van der Waals surface area contributed by atoms with E-state index in [-0.39, 0.29) is 11.9 Å². The summed E-state index contributed by atoms with van der Waals surface area (Å²) in [6.07, 6.45) is 7.19. The number of esters is 1. The maximum absolute atomic E-state index is 11.9. The first-order valence-electron chi connectivity index (χ1n) is 7.40. The van der Waals surface area contributed by atoms with Crippen molar-refractivity contribution in [1.82, 2.24) is 5.32 Å². The van der Waals surface area contributed by atoms with Gasteiger partial charge in [-0.2, -0.15) is 0 Å². The van der Waals surface area contributed by atoms with Crippen LogP contribution < -0.4 is 5.32 Å². The molecule has 1 N–H and O–H groups in total. The molecule has 4 heteroatoms. The molecule has 0 bridgehead atoms. The number of nitrogens with one attached hydrogen (secondary N) is 1. The Bertz CT molecular complexity index is 296. The van der Waals surface area contributed by atoms with Gasteiger partial charge in [0.05, 0.1) is 7.11 Å². The van der Waals surface area contributed by atoms with Crippen LogP contribution in [0.2, 0.25) is 0 Å². The van der Waals surface area contributed by atoms with Gasteiger partial charge < -0.3 is 10.1 Å². The number of amides is 1. The predicted octanol–water partition coefficient (Wildman–Crippen LogP) is 2.66. The maximum Gasteiger partial charge on any atom is 0.328 e. The molecule has 110 valence electrons. The van der Waals surface area contributed by atoms with Crippen molar-refractivity contribution in [3.05, 3.63) is 0 Å². The number of hydrogen-bond acceptors (Lipinski definition) is 3. The lowest BCUT2D eigenvalue weighted by Gasteiger charge is -2.18. The molecule has 1 amide bonds. The van der Waals surface area contributed by atoms with E-state index in [0.717, 1.165) is 6.42 Å². The highest BCUT2D eigenvalue weighted by Crippen LogP contribution is 2.28. The van der Waals surface area contributed by atoms with Gasteiger partial charge >= 0.3 is 5.97 Å². The van der Waals surface area contributed by atoms with Gasteiger partial charge in [0.1, 0.15) is 6.04 Å². The normalized spacial score (nSPS) is 17.5. The molecular weight excluding hydrogens is 242 g/mol. The van der Waals surface area contributed by atoms with Crippen molar-refractivity contribution in [1.29, 1.82) is 0 Å². The van der Waals surface area contributed by atoms with Gasteiger partial charge in [0, 0.05) is 6.42 Å². The lowest BCUT2D eigenvalue weighted by molar-refractivity contribution is -0.145. The van der Waals surface area contributed by atoms with Crippen LogP contribution in [0.15, 0.2) is 0 Å². The van der Waals surface area contributed by atoms with E-state index in [1.54, 1.807) is 0 Å². The standard InChI is InChI=1S/C15H27NO3/c1-11(2)10-13(15(18)19-3)16-14(17)9-8-12-6-4-5-7-12/h11-13H,4-10H2,1-3H3,(H,16,17)/t13-/m0/s1. The zero-order valence-corrected chi connectivity index (χ0v) is 12.4. The van der Waals surface area contributed by atoms with Gasteiger partial charge in [-0.15, -0.1) is 0 Å². The zero-order chi connectivity index (χ0) is 14.3. The smallest absolute Gasteiger partial charge is 0.328 e. The van der Waals surface area contributed by atoms with Crippen LogP contribution in [0.3, 0.4) is 0 Å². The fourth-order valence-corrected chi connectivity index (χ4v) is 2.73. The molecule has 0 aromatic rings. The SMILES string of the molecule is COC(=O)[C@H](CC(C)C)NC(=O)CCC1CCCC1. The van der Waals surface area contributed by atoms with Crippen LogP contribution in [-0.2, 0) is 14.3 Å². The Hall–Kier alpha value is -1.06. The third-order valence-electron chi connectivity index (χ3n) is 3.78. The second kappa shape index (κ2) is 8.18. The minimum Gasteiger partial charge on any atom is -0.467 e. The van der Waals surface area contributed by atoms with Crippen molar-refractivity contribution >= 4 is 11.9 Å². The molecule has 1 aliphatic carbocycles. The molecule has 0 radical (unpaired) electrons. The van der Waals surface area contributed by atoms with Gasteiger partial charge in [-0.05, 0) is 24.7 Å².